The normalized spacial score (nSPS) is 12.0. The summed E-state index contributed by atoms with van der Waals surface area (Å²) in [6.07, 6.45) is -1.37. The van der Waals surface area contributed by atoms with Crippen molar-refractivity contribution in [2.24, 2.45) is 0 Å². The Morgan fingerprint density at radius 1 is 1.16 bits per heavy atom. The standard InChI is InChI=1S/C17H20N2O6/c20-8-6-18-17(25)12-10-13(22)16(24)14(19(12)7-9-21)15(23)11-4-2-1-3-5-11/h1-5,10,15,20-21,23-24H,6-9H2,(H,18,25). The molecule has 2 rings (SSSR count). The van der Waals surface area contributed by atoms with Gasteiger partial charge in [-0.15, -0.1) is 0 Å². The third-order valence-electron chi connectivity index (χ3n) is 3.65. The minimum atomic E-state index is -1.37. The van der Waals surface area contributed by atoms with Crippen LogP contribution in [0.4, 0.5) is 0 Å². The molecular formula is C17H20N2O6. The molecule has 25 heavy (non-hydrogen) atoms. The van der Waals surface area contributed by atoms with Gasteiger partial charge in [-0.25, -0.2) is 0 Å². The zero-order chi connectivity index (χ0) is 18.4. The van der Waals surface area contributed by atoms with Crippen LogP contribution in [0.15, 0.2) is 41.2 Å². The Hall–Kier alpha value is -2.68. The number of aromatic hydroxyl groups is 1. The summed E-state index contributed by atoms with van der Waals surface area (Å²) in [6, 6.07) is 9.26. The number of pyridine rings is 1. The Labute approximate surface area is 143 Å². The molecule has 134 valence electrons. The SMILES string of the molecule is O=C(NCCO)c1cc(=O)c(O)c(C(O)c2ccccc2)n1CCO. The zero-order valence-corrected chi connectivity index (χ0v) is 13.4. The van der Waals surface area contributed by atoms with Gasteiger partial charge in [0.25, 0.3) is 5.91 Å². The van der Waals surface area contributed by atoms with E-state index in [9.17, 15) is 24.9 Å². The summed E-state index contributed by atoms with van der Waals surface area (Å²) in [5.41, 5.74) is -0.720. The first-order valence-electron chi connectivity index (χ1n) is 7.70. The zero-order valence-electron chi connectivity index (χ0n) is 13.4. The second-order valence-electron chi connectivity index (χ2n) is 5.30. The molecule has 0 spiro atoms. The Balaban J connectivity index is 2.62. The van der Waals surface area contributed by atoms with E-state index in [1.807, 2.05) is 0 Å². The van der Waals surface area contributed by atoms with Crippen molar-refractivity contribution in [3.05, 3.63) is 63.6 Å². The van der Waals surface area contributed by atoms with Crippen molar-refractivity contribution in [1.82, 2.24) is 9.88 Å². The third kappa shape index (κ3) is 4.05. The van der Waals surface area contributed by atoms with Crippen LogP contribution in [0.5, 0.6) is 5.75 Å². The van der Waals surface area contributed by atoms with Crippen molar-refractivity contribution in [1.29, 1.82) is 0 Å². The molecule has 0 aliphatic heterocycles. The average Bonchev–Trinajstić information content (AvgIpc) is 2.63. The Kier molecular flexibility index (Phi) is 6.29. The number of hydrogen-bond donors (Lipinski definition) is 5. The minimum Gasteiger partial charge on any atom is -0.503 e. The lowest BCUT2D eigenvalue weighted by Crippen LogP contribution is -2.33. The van der Waals surface area contributed by atoms with Gasteiger partial charge in [-0.3, -0.25) is 9.59 Å². The summed E-state index contributed by atoms with van der Waals surface area (Å²) < 4.78 is 1.20. The molecule has 1 heterocycles. The summed E-state index contributed by atoms with van der Waals surface area (Å²) in [6.45, 7) is -0.802. The summed E-state index contributed by atoms with van der Waals surface area (Å²) in [4.78, 5) is 24.3. The van der Waals surface area contributed by atoms with Crippen LogP contribution >= 0.6 is 0 Å². The first kappa shape index (κ1) is 18.7. The van der Waals surface area contributed by atoms with Crippen molar-refractivity contribution in [2.75, 3.05) is 19.8 Å². The van der Waals surface area contributed by atoms with Crippen LogP contribution in [0.2, 0.25) is 0 Å². The van der Waals surface area contributed by atoms with Gasteiger partial charge in [-0.2, -0.15) is 0 Å². The fourth-order valence-corrected chi connectivity index (χ4v) is 2.51. The topological polar surface area (TPSA) is 132 Å². The molecule has 2 aromatic rings. The number of nitrogens with one attached hydrogen (secondary N) is 1. The van der Waals surface area contributed by atoms with Crippen molar-refractivity contribution in [3.8, 4) is 5.75 Å². The van der Waals surface area contributed by atoms with E-state index in [-0.39, 0.29) is 37.7 Å². The lowest BCUT2D eigenvalue weighted by Gasteiger charge is -2.22. The van der Waals surface area contributed by atoms with E-state index in [0.717, 1.165) is 6.07 Å². The highest BCUT2D eigenvalue weighted by atomic mass is 16.3. The van der Waals surface area contributed by atoms with Crippen LogP contribution in [-0.2, 0) is 6.54 Å². The monoisotopic (exact) mass is 348 g/mol. The van der Waals surface area contributed by atoms with Crippen LogP contribution in [0.1, 0.15) is 27.8 Å². The fraction of sp³-hybridized carbons (Fsp3) is 0.294. The maximum Gasteiger partial charge on any atom is 0.268 e. The number of benzene rings is 1. The van der Waals surface area contributed by atoms with E-state index < -0.39 is 23.2 Å². The second kappa shape index (κ2) is 8.43. The average molecular weight is 348 g/mol. The maximum absolute atomic E-state index is 12.2. The molecule has 0 bridgehead atoms. The molecule has 0 saturated carbocycles. The molecule has 5 N–H and O–H groups in total. The largest absolute Gasteiger partial charge is 0.503 e. The molecule has 1 amide bonds. The Morgan fingerprint density at radius 2 is 1.84 bits per heavy atom. The number of hydrogen-bond acceptors (Lipinski definition) is 6. The van der Waals surface area contributed by atoms with Gasteiger partial charge in [-0.1, -0.05) is 30.3 Å². The predicted octanol–water partition coefficient (Wildman–Crippen LogP) is -0.650. The number of rotatable bonds is 7. The van der Waals surface area contributed by atoms with E-state index in [0.29, 0.717) is 5.56 Å². The number of carbonyl (C=O) groups is 1. The molecule has 1 unspecified atom stereocenters. The van der Waals surface area contributed by atoms with Crippen LogP contribution in [0.3, 0.4) is 0 Å². The highest BCUT2D eigenvalue weighted by Gasteiger charge is 2.25. The molecule has 0 saturated heterocycles. The molecule has 1 atom stereocenters. The van der Waals surface area contributed by atoms with E-state index in [4.69, 9.17) is 5.11 Å². The molecule has 0 aliphatic carbocycles. The van der Waals surface area contributed by atoms with E-state index in [2.05, 4.69) is 5.32 Å². The van der Waals surface area contributed by atoms with Crippen LogP contribution in [-0.4, -0.2) is 50.7 Å². The van der Waals surface area contributed by atoms with Crippen molar-refractivity contribution >= 4 is 5.91 Å². The third-order valence-corrected chi connectivity index (χ3v) is 3.65. The van der Waals surface area contributed by atoms with Gasteiger partial charge in [0.2, 0.25) is 5.43 Å². The smallest absolute Gasteiger partial charge is 0.268 e. The lowest BCUT2D eigenvalue weighted by atomic mass is 10.0. The maximum atomic E-state index is 12.2. The van der Waals surface area contributed by atoms with Gasteiger partial charge in [0.1, 0.15) is 11.8 Å². The number of aliphatic hydroxyl groups is 3. The number of aliphatic hydroxyl groups excluding tert-OH is 3. The number of amides is 1. The van der Waals surface area contributed by atoms with Gasteiger partial charge in [0.15, 0.2) is 5.75 Å². The summed E-state index contributed by atoms with van der Waals surface area (Å²) >= 11 is 0. The van der Waals surface area contributed by atoms with Crippen molar-refractivity contribution in [3.63, 3.8) is 0 Å². The summed E-state index contributed by atoms with van der Waals surface area (Å²) in [7, 11) is 0. The van der Waals surface area contributed by atoms with E-state index >= 15 is 0 Å². The molecular weight excluding hydrogens is 328 g/mol. The van der Waals surface area contributed by atoms with Gasteiger partial charge >= 0.3 is 0 Å². The van der Waals surface area contributed by atoms with Gasteiger partial charge < -0.3 is 30.3 Å². The molecule has 0 radical (unpaired) electrons. The van der Waals surface area contributed by atoms with Crippen LogP contribution < -0.4 is 10.7 Å². The molecule has 1 aromatic heterocycles. The number of carbonyl (C=O) groups excluding carboxylic acids is 1. The summed E-state index contributed by atoms with van der Waals surface area (Å²) in [5, 5.41) is 41.3. The fourth-order valence-electron chi connectivity index (χ4n) is 2.51. The molecule has 0 aliphatic rings. The Morgan fingerprint density at radius 3 is 2.44 bits per heavy atom. The van der Waals surface area contributed by atoms with Gasteiger partial charge in [-0.05, 0) is 5.56 Å². The molecule has 8 heteroatoms. The number of nitrogens with zero attached hydrogens (tertiary/aromatic N) is 1. The van der Waals surface area contributed by atoms with Crippen molar-refractivity contribution < 1.29 is 25.2 Å². The first-order chi connectivity index (χ1) is 12.0. The highest BCUT2D eigenvalue weighted by molar-refractivity contribution is 5.92. The summed E-state index contributed by atoms with van der Waals surface area (Å²) in [5.74, 6) is -1.36. The van der Waals surface area contributed by atoms with Crippen molar-refractivity contribution in [2.45, 2.75) is 12.6 Å². The molecule has 0 fully saturated rings. The van der Waals surface area contributed by atoms with E-state index in [1.165, 1.54) is 4.57 Å². The quantitative estimate of drug-likeness (QED) is 0.452. The van der Waals surface area contributed by atoms with Gasteiger partial charge in [0.05, 0.1) is 18.9 Å². The lowest BCUT2D eigenvalue weighted by molar-refractivity contribution is 0.0930. The molecule has 1 aromatic carbocycles. The number of aromatic nitrogens is 1. The minimum absolute atomic E-state index is 0.0242. The van der Waals surface area contributed by atoms with E-state index in [1.54, 1.807) is 30.3 Å². The highest BCUT2D eigenvalue weighted by Crippen LogP contribution is 2.28. The Bertz CT molecular complexity index is 788. The van der Waals surface area contributed by atoms with Crippen LogP contribution in [0, 0.1) is 0 Å². The van der Waals surface area contributed by atoms with Gasteiger partial charge in [0, 0.05) is 19.2 Å². The molecule has 8 nitrogen and oxygen atoms in total. The second-order valence-corrected chi connectivity index (χ2v) is 5.30. The first-order valence-corrected chi connectivity index (χ1v) is 7.70. The predicted molar refractivity (Wildman–Crippen MR) is 89.4 cm³/mol. The van der Waals surface area contributed by atoms with Crippen LogP contribution in [0.25, 0.3) is 0 Å².